The highest BCUT2D eigenvalue weighted by atomic mass is 32.2. The minimum atomic E-state index is -3.75. The summed E-state index contributed by atoms with van der Waals surface area (Å²) in [4.78, 5) is 0.0573. The first-order valence-electron chi connectivity index (χ1n) is 6.37. The zero-order valence-corrected chi connectivity index (χ0v) is 13.0. The van der Waals surface area contributed by atoms with Crippen molar-refractivity contribution in [2.45, 2.75) is 18.7 Å². The van der Waals surface area contributed by atoms with E-state index in [2.05, 4.69) is 4.72 Å². The van der Waals surface area contributed by atoms with Crippen molar-refractivity contribution < 1.29 is 13.2 Å². The molecule has 6 heteroatoms. The average Bonchev–Trinajstić information content (AvgIpc) is 2.42. The molecule has 0 bridgehead atoms. The Labute approximate surface area is 124 Å². The summed E-state index contributed by atoms with van der Waals surface area (Å²) in [6.07, 6.45) is 0. The molecule has 5 nitrogen and oxygen atoms in total. The summed E-state index contributed by atoms with van der Waals surface area (Å²) < 4.78 is 32.9. The minimum Gasteiger partial charge on any atom is -0.495 e. The van der Waals surface area contributed by atoms with Crippen LogP contribution in [0.2, 0.25) is 0 Å². The van der Waals surface area contributed by atoms with E-state index >= 15 is 0 Å². The first kappa shape index (κ1) is 15.2. The van der Waals surface area contributed by atoms with Crippen LogP contribution >= 0.6 is 0 Å². The molecule has 21 heavy (non-hydrogen) atoms. The molecule has 0 aliphatic carbocycles. The Morgan fingerprint density at radius 2 is 1.71 bits per heavy atom. The summed E-state index contributed by atoms with van der Waals surface area (Å²) in [7, 11) is -2.34. The molecule has 0 aliphatic heterocycles. The Bertz CT molecular complexity index is 750. The van der Waals surface area contributed by atoms with E-state index in [0.29, 0.717) is 11.4 Å². The van der Waals surface area contributed by atoms with Crippen LogP contribution in [0.4, 0.5) is 11.4 Å². The number of sulfonamides is 1. The van der Waals surface area contributed by atoms with Crippen molar-refractivity contribution in [2.75, 3.05) is 17.6 Å². The van der Waals surface area contributed by atoms with Gasteiger partial charge in [-0.25, -0.2) is 8.42 Å². The molecule has 0 amide bonds. The molecule has 2 aromatic rings. The fraction of sp³-hybridized carbons (Fsp3) is 0.200. The van der Waals surface area contributed by atoms with Gasteiger partial charge in [-0.05, 0) is 37.1 Å². The van der Waals surface area contributed by atoms with Crippen LogP contribution in [-0.2, 0) is 10.0 Å². The van der Waals surface area contributed by atoms with Crippen molar-refractivity contribution >= 4 is 21.4 Å². The van der Waals surface area contributed by atoms with Gasteiger partial charge >= 0.3 is 0 Å². The predicted octanol–water partition coefficient (Wildman–Crippen LogP) is 2.70. The molecule has 0 atom stereocenters. The molecule has 0 unspecified atom stereocenters. The number of hydrogen-bond acceptors (Lipinski definition) is 4. The number of nitrogen functional groups attached to an aromatic ring is 1. The molecule has 0 heterocycles. The molecule has 0 fully saturated rings. The van der Waals surface area contributed by atoms with Crippen LogP contribution in [0.25, 0.3) is 0 Å². The van der Waals surface area contributed by atoms with Crippen LogP contribution in [0.1, 0.15) is 11.1 Å². The fourth-order valence-electron chi connectivity index (χ4n) is 2.07. The maximum atomic E-state index is 12.6. The third-order valence-corrected chi connectivity index (χ3v) is 4.58. The van der Waals surface area contributed by atoms with Gasteiger partial charge < -0.3 is 10.5 Å². The van der Waals surface area contributed by atoms with Crippen LogP contribution in [0.15, 0.2) is 41.3 Å². The van der Waals surface area contributed by atoms with E-state index in [1.54, 1.807) is 0 Å². The van der Waals surface area contributed by atoms with Gasteiger partial charge in [0.05, 0.1) is 12.8 Å². The lowest BCUT2D eigenvalue weighted by Gasteiger charge is -2.15. The van der Waals surface area contributed by atoms with Gasteiger partial charge in [0.1, 0.15) is 10.6 Å². The van der Waals surface area contributed by atoms with Gasteiger partial charge in [-0.3, -0.25) is 4.72 Å². The van der Waals surface area contributed by atoms with Gasteiger partial charge in [-0.2, -0.15) is 0 Å². The lowest BCUT2D eigenvalue weighted by atomic mass is 10.1. The van der Waals surface area contributed by atoms with Crippen LogP contribution in [0.5, 0.6) is 5.75 Å². The van der Waals surface area contributed by atoms with Gasteiger partial charge in [-0.1, -0.05) is 18.2 Å². The fourth-order valence-corrected chi connectivity index (χ4v) is 3.43. The number of hydrogen-bond donors (Lipinski definition) is 2. The number of ether oxygens (including phenoxy) is 1. The number of nitrogens with two attached hydrogens (primary N) is 1. The topological polar surface area (TPSA) is 81.4 Å². The zero-order valence-electron chi connectivity index (χ0n) is 12.2. The number of benzene rings is 2. The maximum absolute atomic E-state index is 12.6. The molecule has 0 aliphatic rings. The van der Waals surface area contributed by atoms with Crippen LogP contribution < -0.4 is 15.2 Å². The first-order valence-corrected chi connectivity index (χ1v) is 7.86. The number of para-hydroxylation sites is 1. The number of aryl methyl sites for hydroxylation is 2. The van der Waals surface area contributed by atoms with E-state index in [1.807, 2.05) is 32.0 Å². The highest BCUT2D eigenvalue weighted by Crippen LogP contribution is 2.29. The van der Waals surface area contributed by atoms with Gasteiger partial charge in [-0.15, -0.1) is 0 Å². The molecule has 0 saturated carbocycles. The van der Waals surface area contributed by atoms with E-state index < -0.39 is 10.0 Å². The summed E-state index contributed by atoms with van der Waals surface area (Å²) in [5.41, 5.74) is 8.38. The van der Waals surface area contributed by atoms with Crippen molar-refractivity contribution in [3.05, 3.63) is 47.5 Å². The number of anilines is 2. The Morgan fingerprint density at radius 3 is 2.29 bits per heavy atom. The SMILES string of the molecule is COc1cc(N)ccc1S(=O)(=O)Nc1c(C)cccc1C. The molecular weight excluding hydrogens is 288 g/mol. The summed E-state index contributed by atoms with van der Waals surface area (Å²) in [5, 5.41) is 0. The smallest absolute Gasteiger partial charge is 0.265 e. The Kier molecular flexibility index (Phi) is 4.09. The van der Waals surface area contributed by atoms with E-state index in [4.69, 9.17) is 10.5 Å². The lowest BCUT2D eigenvalue weighted by Crippen LogP contribution is -2.15. The van der Waals surface area contributed by atoms with Crippen molar-refractivity contribution in [2.24, 2.45) is 0 Å². The van der Waals surface area contributed by atoms with Crippen LogP contribution in [-0.4, -0.2) is 15.5 Å². The molecule has 0 aromatic heterocycles. The summed E-state index contributed by atoms with van der Waals surface area (Å²) in [6, 6.07) is 10.0. The Hall–Kier alpha value is -2.21. The molecule has 112 valence electrons. The molecular formula is C15H18N2O3S. The predicted molar refractivity (Wildman–Crippen MR) is 84.1 cm³/mol. The highest BCUT2D eigenvalue weighted by molar-refractivity contribution is 7.92. The van der Waals surface area contributed by atoms with E-state index in [0.717, 1.165) is 11.1 Å². The second kappa shape index (κ2) is 5.65. The van der Waals surface area contributed by atoms with Crippen LogP contribution in [0, 0.1) is 13.8 Å². The molecule has 2 rings (SSSR count). The molecule has 3 N–H and O–H groups in total. The van der Waals surface area contributed by atoms with Crippen LogP contribution in [0.3, 0.4) is 0 Å². The zero-order chi connectivity index (χ0) is 15.6. The Balaban J connectivity index is 2.49. The molecule has 0 saturated heterocycles. The van der Waals surface area contributed by atoms with Crippen molar-refractivity contribution in [1.82, 2.24) is 0 Å². The largest absolute Gasteiger partial charge is 0.495 e. The summed E-state index contributed by atoms with van der Waals surface area (Å²) >= 11 is 0. The third-order valence-electron chi connectivity index (χ3n) is 3.19. The van der Waals surface area contributed by atoms with E-state index in [-0.39, 0.29) is 10.6 Å². The monoisotopic (exact) mass is 306 g/mol. The summed E-state index contributed by atoms with van der Waals surface area (Å²) in [5.74, 6) is 0.216. The van der Waals surface area contributed by atoms with Crippen molar-refractivity contribution in [3.8, 4) is 5.75 Å². The van der Waals surface area contributed by atoms with E-state index in [9.17, 15) is 8.42 Å². The number of methoxy groups -OCH3 is 1. The van der Waals surface area contributed by atoms with Gasteiger partial charge in [0.2, 0.25) is 0 Å². The number of rotatable bonds is 4. The number of nitrogens with one attached hydrogen (secondary N) is 1. The molecule has 0 radical (unpaired) electrons. The lowest BCUT2D eigenvalue weighted by molar-refractivity contribution is 0.403. The van der Waals surface area contributed by atoms with Crippen molar-refractivity contribution in [3.63, 3.8) is 0 Å². The normalized spacial score (nSPS) is 11.2. The second-order valence-electron chi connectivity index (χ2n) is 4.78. The quantitative estimate of drug-likeness (QED) is 0.851. The average molecular weight is 306 g/mol. The van der Waals surface area contributed by atoms with Crippen molar-refractivity contribution in [1.29, 1.82) is 0 Å². The first-order chi connectivity index (χ1) is 9.85. The second-order valence-corrected chi connectivity index (χ2v) is 6.43. The third kappa shape index (κ3) is 3.11. The molecule has 2 aromatic carbocycles. The minimum absolute atomic E-state index is 0.0573. The highest BCUT2D eigenvalue weighted by Gasteiger charge is 2.21. The standard InChI is InChI=1S/C15H18N2O3S/c1-10-5-4-6-11(2)15(10)17-21(18,19)14-8-7-12(16)9-13(14)20-3/h4-9,17H,16H2,1-3H3. The Morgan fingerprint density at radius 1 is 1.10 bits per heavy atom. The van der Waals surface area contributed by atoms with Gasteiger partial charge in [0, 0.05) is 11.8 Å². The van der Waals surface area contributed by atoms with E-state index in [1.165, 1.54) is 25.3 Å². The summed E-state index contributed by atoms with van der Waals surface area (Å²) in [6.45, 7) is 3.70. The van der Waals surface area contributed by atoms with Gasteiger partial charge in [0.25, 0.3) is 10.0 Å². The van der Waals surface area contributed by atoms with Gasteiger partial charge in [0.15, 0.2) is 0 Å². The maximum Gasteiger partial charge on any atom is 0.265 e. The molecule has 0 spiro atoms.